The largest absolute Gasteiger partial charge is 0.493 e. The number of carbonyl (C=O) groups excluding carboxylic acids is 1. The lowest BCUT2D eigenvalue weighted by molar-refractivity contribution is -0.117. The van der Waals surface area contributed by atoms with E-state index in [1.54, 1.807) is 12.1 Å². The minimum absolute atomic E-state index is 0.0731. The lowest BCUT2D eigenvalue weighted by Gasteiger charge is -2.10. The predicted octanol–water partition coefficient (Wildman–Crippen LogP) is 2.93. The molecule has 6 nitrogen and oxygen atoms in total. The maximum absolute atomic E-state index is 11.0. The molecule has 1 aromatic heterocycles. The van der Waals surface area contributed by atoms with Crippen LogP contribution in [0.3, 0.4) is 0 Å². The molecule has 0 spiro atoms. The minimum atomic E-state index is 0.0731. The molecule has 0 saturated heterocycles. The number of ketones is 1. The summed E-state index contributed by atoms with van der Waals surface area (Å²) in [6, 6.07) is 3.38. The summed E-state index contributed by atoms with van der Waals surface area (Å²) < 4.78 is 15.5. The highest BCUT2D eigenvalue weighted by molar-refractivity contribution is 6.32. The smallest absolute Gasteiger partial charge is 0.227 e. The Bertz CT molecular complexity index is 654. The predicted molar refractivity (Wildman–Crippen MR) is 76.9 cm³/mol. The van der Waals surface area contributed by atoms with Crippen LogP contribution in [0.15, 0.2) is 16.7 Å². The molecule has 0 saturated carbocycles. The summed E-state index contributed by atoms with van der Waals surface area (Å²) in [6.45, 7) is 1.52. The van der Waals surface area contributed by atoms with Gasteiger partial charge < -0.3 is 18.8 Å². The van der Waals surface area contributed by atoms with E-state index >= 15 is 0 Å². The summed E-state index contributed by atoms with van der Waals surface area (Å²) in [5.74, 6) is 1.80. The monoisotopic (exact) mass is 310 g/mol. The highest BCUT2D eigenvalue weighted by Gasteiger charge is 2.15. The molecule has 0 unspecified atom stereocenters. The molecule has 1 aromatic carbocycles. The Kier molecular flexibility index (Phi) is 4.80. The number of aromatic nitrogens is 2. The second kappa shape index (κ2) is 6.58. The molecule has 1 heterocycles. The van der Waals surface area contributed by atoms with E-state index in [-0.39, 0.29) is 5.78 Å². The number of methoxy groups -OCH3 is 2. The van der Waals surface area contributed by atoms with E-state index in [0.29, 0.717) is 46.6 Å². The van der Waals surface area contributed by atoms with E-state index in [1.165, 1.54) is 21.1 Å². The van der Waals surface area contributed by atoms with Gasteiger partial charge in [-0.25, -0.2) is 0 Å². The molecule has 0 aliphatic rings. The minimum Gasteiger partial charge on any atom is -0.493 e. The molecule has 112 valence electrons. The molecule has 0 N–H and O–H groups in total. The molecule has 0 aliphatic heterocycles. The lowest BCUT2D eigenvalue weighted by Crippen LogP contribution is -1.94. The number of hydrogen-bond acceptors (Lipinski definition) is 6. The Labute approximate surface area is 127 Å². The first kappa shape index (κ1) is 15.3. The van der Waals surface area contributed by atoms with Crippen LogP contribution in [0.5, 0.6) is 11.5 Å². The van der Waals surface area contributed by atoms with Crippen molar-refractivity contribution in [3.05, 3.63) is 23.0 Å². The maximum Gasteiger partial charge on any atom is 0.227 e. The molecule has 21 heavy (non-hydrogen) atoms. The van der Waals surface area contributed by atoms with Gasteiger partial charge in [-0.05, 0) is 19.1 Å². The molecule has 0 aliphatic carbocycles. The fourth-order valence-electron chi connectivity index (χ4n) is 1.80. The van der Waals surface area contributed by atoms with E-state index in [0.717, 1.165) is 0 Å². The van der Waals surface area contributed by atoms with Crippen LogP contribution in [0.25, 0.3) is 11.4 Å². The van der Waals surface area contributed by atoms with Crippen molar-refractivity contribution in [1.82, 2.24) is 10.1 Å². The van der Waals surface area contributed by atoms with Crippen molar-refractivity contribution < 1.29 is 18.8 Å². The Morgan fingerprint density at radius 1 is 1.33 bits per heavy atom. The zero-order valence-electron chi connectivity index (χ0n) is 12.0. The van der Waals surface area contributed by atoms with E-state index in [2.05, 4.69) is 10.1 Å². The summed E-state index contributed by atoms with van der Waals surface area (Å²) in [6.07, 6.45) is 0.789. The van der Waals surface area contributed by atoms with Crippen LogP contribution < -0.4 is 9.47 Å². The molecule has 0 amide bonds. The third kappa shape index (κ3) is 3.52. The first-order chi connectivity index (χ1) is 10.0. The summed E-state index contributed by atoms with van der Waals surface area (Å²) in [5.41, 5.74) is 0.649. The van der Waals surface area contributed by atoms with E-state index < -0.39 is 0 Å². The van der Waals surface area contributed by atoms with Crippen molar-refractivity contribution in [2.75, 3.05) is 14.2 Å². The van der Waals surface area contributed by atoms with E-state index in [4.69, 9.17) is 25.6 Å². The van der Waals surface area contributed by atoms with E-state index in [9.17, 15) is 4.79 Å². The van der Waals surface area contributed by atoms with Gasteiger partial charge in [-0.15, -0.1) is 0 Å². The van der Waals surface area contributed by atoms with Crippen LogP contribution in [0.4, 0.5) is 0 Å². The molecule has 0 fully saturated rings. The zero-order valence-corrected chi connectivity index (χ0v) is 12.7. The Balaban J connectivity index is 2.30. The highest BCUT2D eigenvalue weighted by Crippen LogP contribution is 2.38. The SMILES string of the molecule is COc1cc(-c2noc(CCC(C)=O)n2)cc(Cl)c1OC. The van der Waals surface area contributed by atoms with Crippen molar-refractivity contribution in [2.24, 2.45) is 0 Å². The fourth-order valence-corrected chi connectivity index (χ4v) is 2.09. The van der Waals surface area contributed by atoms with Crippen molar-refractivity contribution in [3.63, 3.8) is 0 Å². The summed E-state index contributed by atoms with van der Waals surface area (Å²) in [7, 11) is 3.03. The molecule has 7 heteroatoms. The standard InChI is InChI=1S/C14H15ClN2O4/c1-8(18)4-5-12-16-14(17-21-12)9-6-10(15)13(20-3)11(7-9)19-2/h6-7H,4-5H2,1-3H3. The Morgan fingerprint density at radius 3 is 2.71 bits per heavy atom. The number of aryl methyl sites for hydroxylation is 1. The first-order valence-corrected chi connectivity index (χ1v) is 6.67. The topological polar surface area (TPSA) is 74.5 Å². The number of nitrogens with zero attached hydrogens (tertiary/aromatic N) is 2. The van der Waals surface area contributed by atoms with Gasteiger partial charge in [-0.2, -0.15) is 4.98 Å². The average molecular weight is 311 g/mol. The number of ether oxygens (including phenoxy) is 2. The highest BCUT2D eigenvalue weighted by atomic mass is 35.5. The summed E-state index contributed by atoms with van der Waals surface area (Å²) in [4.78, 5) is 15.2. The maximum atomic E-state index is 11.0. The van der Waals surface area contributed by atoms with Gasteiger partial charge in [0.25, 0.3) is 0 Å². The number of halogens is 1. The number of Topliss-reactive ketones (excluding diaryl/α,β-unsaturated/α-hetero) is 1. The van der Waals surface area contributed by atoms with Gasteiger partial charge in [-0.3, -0.25) is 0 Å². The molecule has 2 rings (SSSR count). The van der Waals surface area contributed by atoms with Gasteiger partial charge in [0.05, 0.1) is 19.2 Å². The quantitative estimate of drug-likeness (QED) is 0.816. The lowest BCUT2D eigenvalue weighted by atomic mass is 10.2. The zero-order chi connectivity index (χ0) is 15.4. The van der Waals surface area contributed by atoms with Gasteiger partial charge in [0.1, 0.15) is 5.78 Å². The van der Waals surface area contributed by atoms with Gasteiger partial charge >= 0.3 is 0 Å². The van der Waals surface area contributed by atoms with Crippen LogP contribution >= 0.6 is 11.6 Å². The van der Waals surface area contributed by atoms with Gasteiger partial charge in [0, 0.05) is 18.4 Å². The molecule has 0 atom stereocenters. The van der Waals surface area contributed by atoms with Crippen LogP contribution in [0, 0.1) is 0 Å². The van der Waals surface area contributed by atoms with Crippen LogP contribution in [0.1, 0.15) is 19.2 Å². The summed E-state index contributed by atoms with van der Waals surface area (Å²) in [5, 5.41) is 4.27. The van der Waals surface area contributed by atoms with Crippen molar-refractivity contribution in [3.8, 4) is 22.9 Å². The van der Waals surface area contributed by atoms with Crippen molar-refractivity contribution in [2.45, 2.75) is 19.8 Å². The van der Waals surface area contributed by atoms with Crippen molar-refractivity contribution >= 4 is 17.4 Å². The van der Waals surface area contributed by atoms with Gasteiger partial charge in [0.15, 0.2) is 11.5 Å². The molecule has 0 bridgehead atoms. The normalized spacial score (nSPS) is 10.5. The van der Waals surface area contributed by atoms with Crippen LogP contribution in [-0.2, 0) is 11.2 Å². The number of hydrogen-bond donors (Lipinski definition) is 0. The average Bonchev–Trinajstić information content (AvgIpc) is 2.93. The second-order valence-electron chi connectivity index (χ2n) is 4.41. The molecule has 2 aromatic rings. The van der Waals surface area contributed by atoms with Crippen LogP contribution in [0.2, 0.25) is 5.02 Å². The number of benzene rings is 1. The molecule has 0 radical (unpaired) electrons. The first-order valence-electron chi connectivity index (χ1n) is 6.29. The Hall–Kier alpha value is -2.08. The molecular weight excluding hydrogens is 296 g/mol. The number of rotatable bonds is 6. The van der Waals surface area contributed by atoms with Gasteiger partial charge in [-0.1, -0.05) is 16.8 Å². The fraction of sp³-hybridized carbons (Fsp3) is 0.357. The number of carbonyl (C=O) groups is 1. The third-order valence-corrected chi connectivity index (χ3v) is 3.13. The molecular formula is C14H15ClN2O4. The van der Waals surface area contributed by atoms with Crippen LogP contribution in [-0.4, -0.2) is 30.1 Å². The summed E-state index contributed by atoms with van der Waals surface area (Å²) >= 11 is 6.14. The van der Waals surface area contributed by atoms with E-state index in [1.807, 2.05) is 0 Å². The second-order valence-corrected chi connectivity index (χ2v) is 4.81. The third-order valence-electron chi connectivity index (χ3n) is 2.85. The van der Waals surface area contributed by atoms with Gasteiger partial charge in [0.2, 0.25) is 11.7 Å². The van der Waals surface area contributed by atoms with Crippen molar-refractivity contribution in [1.29, 1.82) is 0 Å². The Morgan fingerprint density at radius 2 is 2.10 bits per heavy atom.